The number of anilines is 1. The van der Waals surface area contributed by atoms with Gasteiger partial charge in [0.2, 0.25) is 0 Å². The molecule has 1 aromatic heterocycles. The number of ether oxygens (including phenoxy) is 1. The van der Waals surface area contributed by atoms with E-state index in [4.69, 9.17) is 9.15 Å². The van der Waals surface area contributed by atoms with Crippen LogP contribution in [0.25, 0.3) is 0 Å². The first-order valence-electron chi connectivity index (χ1n) is 6.96. The van der Waals surface area contributed by atoms with E-state index >= 15 is 0 Å². The molecule has 7 heteroatoms. The highest BCUT2D eigenvalue weighted by molar-refractivity contribution is 5.87. The van der Waals surface area contributed by atoms with Crippen molar-refractivity contribution in [3.63, 3.8) is 0 Å². The SMILES string of the molecule is CCOC(=O)c1coc(NCCN2CCN(C)CC2)n1. The van der Waals surface area contributed by atoms with Crippen molar-refractivity contribution in [1.82, 2.24) is 14.8 Å². The van der Waals surface area contributed by atoms with Crippen molar-refractivity contribution in [2.75, 3.05) is 58.2 Å². The summed E-state index contributed by atoms with van der Waals surface area (Å²) in [6, 6.07) is 0.363. The molecule has 0 atom stereocenters. The fourth-order valence-corrected chi connectivity index (χ4v) is 2.05. The number of piperazine rings is 1. The van der Waals surface area contributed by atoms with Crippen molar-refractivity contribution in [3.8, 4) is 0 Å². The predicted molar refractivity (Wildman–Crippen MR) is 74.9 cm³/mol. The highest BCUT2D eigenvalue weighted by atomic mass is 16.5. The molecule has 0 radical (unpaired) electrons. The number of hydrogen-bond acceptors (Lipinski definition) is 7. The highest BCUT2D eigenvalue weighted by Gasteiger charge is 2.15. The van der Waals surface area contributed by atoms with Gasteiger partial charge >= 0.3 is 5.97 Å². The average molecular weight is 282 g/mol. The van der Waals surface area contributed by atoms with Gasteiger partial charge in [-0.05, 0) is 14.0 Å². The maximum atomic E-state index is 11.4. The lowest BCUT2D eigenvalue weighted by atomic mass is 10.3. The zero-order valence-corrected chi connectivity index (χ0v) is 12.1. The Labute approximate surface area is 118 Å². The number of rotatable bonds is 6. The average Bonchev–Trinajstić information content (AvgIpc) is 2.90. The Bertz CT molecular complexity index is 427. The number of carbonyl (C=O) groups is 1. The van der Waals surface area contributed by atoms with Crippen LogP contribution in [0.15, 0.2) is 10.7 Å². The van der Waals surface area contributed by atoms with Crippen LogP contribution in [0.5, 0.6) is 0 Å². The lowest BCUT2D eigenvalue weighted by Gasteiger charge is -2.32. The second-order valence-corrected chi connectivity index (χ2v) is 4.83. The first kappa shape index (κ1) is 14.8. The van der Waals surface area contributed by atoms with Gasteiger partial charge in [-0.1, -0.05) is 0 Å². The molecule has 1 N–H and O–H groups in total. The van der Waals surface area contributed by atoms with Crippen molar-refractivity contribution >= 4 is 12.0 Å². The Hall–Kier alpha value is -1.60. The largest absolute Gasteiger partial charge is 0.461 e. The van der Waals surface area contributed by atoms with E-state index in [1.165, 1.54) is 6.26 Å². The summed E-state index contributed by atoms with van der Waals surface area (Å²) in [4.78, 5) is 20.2. The lowest BCUT2D eigenvalue weighted by molar-refractivity contribution is 0.0519. The maximum absolute atomic E-state index is 11.4. The molecular weight excluding hydrogens is 260 g/mol. The van der Waals surface area contributed by atoms with Crippen LogP contribution in [-0.4, -0.2) is 73.7 Å². The molecule has 0 aromatic carbocycles. The number of carbonyl (C=O) groups excluding carboxylic acids is 1. The molecule has 0 saturated carbocycles. The third kappa shape index (κ3) is 4.21. The predicted octanol–water partition coefficient (Wildman–Crippen LogP) is 0.511. The van der Waals surface area contributed by atoms with Crippen LogP contribution in [0, 0.1) is 0 Å². The second kappa shape index (κ2) is 7.25. The van der Waals surface area contributed by atoms with E-state index in [2.05, 4.69) is 27.1 Å². The summed E-state index contributed by atoms with van der Waals surface area (Å²) in [5.41, 5.74) is 0.203. The van der Waals surface area contributed by atoms with Gasteiger partial charge in [0.05, 0.1) is 6.61 Å². The van der Waals surface area contributed by atoms with Crippen LogP contribution in [0.3, 0.4) is 0 Å². The van der Waals surface area contributed by atoms with Gasteiger partial charge in [-0.3, -0.25) is 4.90 Å². The Morgan fingerprint density at radius 3 is 2.90 bits per heavy atom. The topological polar surface area (TPSA) is 70.8 Å². The zero-order chi connectivity index (χ0) is 14.4. The number of aromatic nitrogens is 1. The molecule has 1 aliphatic heterocycles. The number of nitrogens with zero attached hydrogens (tertiary/aromatic N) is 3. The fourth-order valence-electron chi connectivity index (χ4n) is 2.05. The fraction of sp³-hybridized carbons (Fsp3) is 0.692. The van der Waals surface area contributed by atoms with Crippen molar-refractivity contribution in [2.24, 2.45) is 0 Å². The minimum absolute atomic E-state index is 0.203. The van der Waals surface area contributed by atoms with E-state index in [-0.39, 0.29) is 5.69 Å². The van der Waals surface area contributed by atoms with Gasteiger partial charge in [0.15, 0.2) is 5.69 Å². The van der Waals surface area contributed by atoms with Crippen LogP contribution in [0.2, 0.25) is 0 Å². The number of oxazole rings is 1. The van der Waals surface area contributed by atoms with Gasteiger partial charge in [-0.2, -0.15) is 4.98 Å². The summed E-state index contributed by atoms with van der Waals surface area (Å²) in [6.45, 7) is 8.14. The van der Waals surface area contributed by atoms with Crippen LogP contribution < -0.4 is 5.32 Å². The van der Waals surface area contributed by atoms with E-state index in [1.807, 2.05) is 0 Å². The summed E-state index contributed by atoms with van der Waals surface area (Å²) in [7, 11) is 2.14. The Kier molecular flexibility index (Phi) is 5.37. The molecule has 0 amide bonds. The molecule has 112 valence electrons. The molecule has 1 saturated heterocycles. The molecule has 0 bridgehead atoms. The third-order valence-electron chi connectivity index (χ3n) is 3.29. The summed E-state index contributed by atoms with van der Waals surface area (Å²) >= 11 is 0. The number of esters is 1. The molecule has 1 aliphatic rings. The summed E-state index contributed by atoms with van der Waals surface area (Å²) < 4.78 is 10.0. The lowest BCUT2D eigenvalue weighted by Crippen LogP contribution is -2.45. The van der Waals surface area contributed by atoms with E-state index in [0.29, 0.717) is 12.6 Å². The third-order valence-corrected chi connectivity index (χ3v) is 3.29. The van der Waals surface area contributed by atoms with Gasteiger partial charge in [-0.25, -0.2) is 4.79 Å². The van der Waals surface area contributed by atoms with Crippen LogP contribution in [0.4, 0.5) is 6.01 Å². The van der Waals surface area contributed by atoms with Gasteiger partial charge in [0.25, 0.3) is 6.01 Å². The van der Waals surface area contributed by atoms with E-state index in [0.717, 1.165) is 39.3 Å². The van der Waals surface area contributed by atoms with Gasteiger partial charge in [0.1, 0.15) is 6.26 Å². The highest BCUT2D eigenvalue weighted by Crippen LogP contribution is 2.08. The van der Waals surface area contributed by atoms with Crippen molar-refractivity contribution in [3.05, 3.63) is 12.0 Å². The maximum Gasteiger partial charge on any atom is 0.360 e. The Balaban J connectivity index is 1.70. The van der Waals surface area contributed by atoms with E-state index in [9.17, 15) is 4.79 Å². The molecule has 20 heavy (non-hydrogen) atoms. The minimum Gasteiger partial charge on any atom is -0.461 e. The quantitative estimate of drug-likeness (QED) is 0.762. The molecule has 0 aliphatic carbocycles. The molecule has 2 rings (SSSR count). The molecule has 0 unspecified atom stereocenters. The molecular formula is C13H22N4O3. The second-order valence-electron chi connectivity index (χ2n) is 4.83. The van der Waals surface area contributed by atoms with Gasteiger partial charge < -0.3 is 19.4 Å². The Morgan fingerprint density at radius 1 is 1.45 bits per heavy atom. The number of nitrogens with one attached hydrogen (secondary N) is 1. The van der Waals surface area contributed by atoms with E-state index in [1.54, 1.807) is 6.92 Å². The smallest absolute Gasteiger partial charge is 0.360 e. The van der Waals surface area contributed by atoms with Crippen molar-refractivity contribution in [2.45, 2.75) is 6.92 Å². The van der Waals surface area contributed by atoms with Gasteiger partial charge in [-0.15, -0.1) is 0 Å². The van der Waals surface area contributed by atoms with Crippen molar-refractivity contribution < 1.29 is 13.9 Å². The molecule has 1 aromatic rings. The molecule has 2 heterocycles. The number of hydrogen-bond donors (Lipinski definition) is 1. The van der Waals surface area contributed by atoms with Gasteiger partial charge in [0, 0.05) is 39.3 Å². The summed E-state index contributed by atoms with van der Waals surface area (Å²) in [5.74, 6) is -0.455. The summed E-state index contributed by atoms with van der Waals surface area (Å²) in [6.07, 6.45) is 1.32. The number of likely N-dealkylation sites (N-methyl/N-ethyl adjacent to an activating group) is 1. The minimum atomic E-state index is -0.455. The molecule has 1 fully saturated rings. The van der Waals surface area contributed by atoms with Crippen LogP contribution >= 0.6 is 0 Å². The standard InChI is InChI=1S/C13H22N4O3/c1-3-19-12(18)11-10-20-13(15-11)14-4-5-17-8-6-16(2)7-9-17/h10H,3-9H2,1-2H3,(H,14,15). The first-order valence-corrected chi connectivity index (χ1v) is 6.96. The Morgan fingerprint density at radius 2 is 2.20 bits per heavy atom. The zero-order valence-electron chi connectivity index (χ0n) is 12.1. The molecule has 7 nitrogen and oxygen atoms in total. The monoisotopic (exact) mass is 282 g/mol. The van der Waals surface area contributed by atoms with Crippen LogP contribution in [-0.2, 0) is 4.74 Å². The molecule has 0 spiro atoms. The first-order chi connectivity index (χ1) is 9.69. The van der Waals surface area contributed by atoms with Crippen molar-refractivity contribution in [1.29, 1.82) is 0 Å². The van der Waals surface area contributed by atoms with E-state index < -0.39 is 5.97 Å². The summed E-state index contributed by atoms with van der Waals surface area (Å²) in [5, 5.41) is 3.08. The van der Waals surface area contributed by atoms with Crippen LogP contribution in [0.1, 0.15) is 17.4 Å². The normalized spacial score (nSPS) is 17.1.